The maximum Gasteiger partial charge on any atom is 0.292 e. The molecule has 0 unspecified atom stereocenters. The van der Waals surface area contributed by atoms with Crippen molar-refractivity contribution in [1.82, 2.24) is 24.6 Å². The van der Waals surface area contributed by atoms with Gasteiger partial charge in [0.1, 0.15) is 0 Å². The van der Waals surface area contributed by atoms with Gasteiger partial charge in [-0.2, -0.15) is 5.10 Å². The zero-order valence-corrected chi connectivity index (χ0v) is 13.9. The summed E-state index contributed by atoms with van der Waals surface area (Å²) in [5.41, 5.74) is 3.14. The molecular weight excluding hydrogens is 360 g/mol. The number of aromatic nitrogens is 4. The molecule has 0 N–H and O–H groups in total. The highest BCUT2D eigenvalue weighted by molar-refractivity contribution is 9.10. The Morgan fingerprint density at radius 1 is 1.35 bits per heavy atom. The van der Waals surface area contributed by atoms with Crippen LogP contribution < -0.4 is 5.01 Å². The molecule has 1 amide bonds. The third kappa shape index (κ3) is 2.35. The van der Waals surface area contributed by atoms with Gasteiger partial charge in [-0.05, 0) is 34.0 Å². The number of carbonyl (C=O) groups excluding carboxylic acids is 1. The van der Waals surface area contributed by atoms with Gasteiger partial charge >= 0.3 is 0 Å². The number of halogens is 1. The van der Waals surface area contributed by atoms with E-state index in [0.717, 1.165) is 22.1 Å². The van der Waals surface area contributed by atoms with Crippen molar-refractivity contribution in [2.24, 2.45) is 0 Å². The molecule has 0 saturated carbocycles. The Morgan fingerprint density at radius 3 is 3.09 bits per heavy atom. The standard InChI is InChI=1S/C15H13BrN6O/c1-20-13-2-4-17-7-10(13)3-5-22(20)15(23)12-6-14-18-8-11(16)9-21(14)19-12/h2,4,6-9H,3,5H2,1H3. The summed E-state index contributed by atoms with van der Waals surface area (Å²) in [5.74, 6) is -0.142. The molecule has 4 heterocycles. The average Bonchev–Trinajstić information content (AvgIpc) is 2.98. The summed E-state index contributed by atoms with van der Waals surface area (Å²) in [5, 5.41) is 7.88. The summed E-state index contributed by atoms with van der Waals surface area (Å²) in [6.45, 7) is 0.596. The summed E-state index contributed by atoms with van der Waals surface area (Å²) in [4.78, 5) is 21.2. The van der Waals surface area contributed by atoms with Gasteiger partial charge in [-0.3, -0.25) is 14.8 Å². The van der Waals surface area contributed by atoms with E-state index in [9.17, 15) is 4.79 Å². The third-order valence-electron chi connectivity index (χ3n) is 3.92. The minimum absolute atomic E-state index is 0.142. The zero-order chi connectivity index (χ0) is 16.0. The molecule has 7 nitrogen and oxygen atoms in total. The fourth-order valence-corrected chi connectivity index (χ4v) is 3.06. The number of hydrazine groups is 1. The lowest BCUT2D eigenvalue weighted by Crippen LogP contribution is -2.48. The fourth-order valence-electron chi connectivity index (χ4n) is 2.76. The molecule has 116 valence electrons. The smallest absolute Gasteiger partial charge is 0.285 e. The van der Waals surface area contributed by atoms with E-state index in [1.807, 2.05) is 24.3 Å². The van der Waals surface area contributed by atoms with Gasteiger partial charge in [0.2, 0.25) is 0 Å². The summed E-state index contributed by atoms with van der Waals surface area (Å²) in [7, 11) is 1.88. The number of anilines is 1. The van der Waals surface area contributed by atoms with Crippen LogP contribution in [0.3, 0.4) is 0 Å². The molecule has 23 heavy (non-hydrogen) atoms. The minimum atomic E-state index is -0.142. The van der Waals surface area contributed by atoms with Crippen molar-refractivity contribution < 1.29 is 4.79 Å². The number of carbonyl (C=O) groups is 1. The minimum Gasteiger partial charge on any atom is -0.285 e. The topological polar surface area (TPSA) is 66.6 Å². The second-order valence-corrected chi connectivity index (χ2v) is 6.23. The first kappa shape index (κ1) is 14.1. The maximum atomic E-state index is 12.8. The van der Waals surface area contributed by atoms with Gasteiger partial charge in [-0.25, -0.2) is 14.5 Å². The normalized spacial score (nSPS) is 14.2. The predicted octanol–water partition coefficient (Wildman–Crippen LogP) is 1.94. The summed E-state index contributed by atoms with van der Waals surface area (Å²) >= 11 is 3.35. The summed E-state index contributed by atoms with van der Waals surface area (Å²) < 4.78 is 2.41. The molecule has 0 spiro atoms. The molecule has 0 fully saturated rings. The Balaban J connectivity index is 1.68. The first-order chi connectivity index (χ1) is 11.1. The van der Waals surface area contributed by atoms with Crippen LogP contribution in [0.25, 0.3) is 5.65 Å². The molecule has 3 aromatic rings. The Morgan fingerprint density at radius 2 is 2.22 bits per heavy atom. The van der Waals surface area contributed by atoms with Crippen LogP contribution in [-0.4, -0.2) is 44.1 Å². The second-order valence-electron chi connectivity index (χ2n) is 5.31. The Kier molecular flexibility index (Phi) is 3.26. The molecule has 4 rings (SSSR count). The van der Waals surface area contributed by atoms with Gasteiger partial charge in [0, 0.05) is 44.4 Å². The van der Waals surface area contributed by atoms with E-state index in [1.54, 1.807) is 34.2 Å². The van der Waals surface area contributed by atoms with E-state index in [2.05, 4.69) is 31.0 Å². The molecule has 0 aliphatic carbocycles. The highest BCUT2D eigenvalue weighted by Gasteiger charge is 2.28. The van der Waals surface area contributed by atoms with E-state index in [4.69, 9.17) is 0 Å². The fraction of sp³-hybridized carbons (Fsp3) is 0.200. The molecule has 0 saturated heterocycles. The van der Waals surface area contributed by atoms with Gasteiger partial charge in [-0.15, -0.1) is 0 Å². The van der Waals surface area contributed by atoms with Crippen molar-refractivity contribution in [3.63, 3.8) is 0 Å². The van der Waals surface area contributed by atoms with Gasteiger partial charge in [0.25, 0.3) is 5.91 Å². The lowest BCUT2D eigenvalue weighted by Gasteiger charge is -2.38. The molecule has 1 aliphatic rings. The van der Waals surface area contributed by atoms with Crippen LogP contribution >= 0.6 is 15.9 Å². The van der Waals surface area contributed by atoms with Crippen molar-refractivity contribution in [3.8, 4) is 0 Å². The van der Waals surface area contributed by atoms with Crippen molar-refractivity contribution >= 4 is 33.2 Å². The molecule has 0 bridgehead atoms. The van der Waals surface area contributed by atoms with Gasteiger partial charge in [0.05, 0.1) is 10.2 Å². The van der Waals surface area contributed by atoms with E-state index in [1.165, 1.54) is 0 Å². The van der Waals surface area contributed by atoms with Crippen LogP contribution in [0.15, 0.2) is 41.4 Å². The van der Waals surface area contributed by atoms with Crippen LogP contribution in [0, 0.1) is 0 Å². The van der Waals surface area contributed by atoms with Crippen LogP contribution in [0.4, 0.5) is 5.69 Å². The molecule has 0 atom stereocenters. The molecule has 0 aromatic carbocycles. The molecule has 3 aromatic heterocycles. The number of hydrogen-bond acceptors (Lipinski definition) is 5. The van der Waals surface area contributed by atoms with E-state index < -0.39 is 0 Å². The average molecular weight is 373 g/mol. The predicted molar refractivity (Wildman–Crippen MR) is 88.1 cm³/mol. The Labute approximate surface area is 140 Å². The molecule has 0 radical (unpaired) electrons. The van der Waals surface area contributed by atoms with Crippen LogP contribution in [-0.2, 0) is 6.42 Å². The van der Waals surface area contributed by atoms with E-state index in [0.29, 0.717) is 17.9 Å². The first-order valence-corrected chi connectivity index (χ1v) is 7.92. The van der Waals surface area contributed by atoms with Crippen molar-refractivity contribution in [3.05, 3.63) is 52.7 Å². The second kappa shape index (κ2) is 5.31. The number of pyridine rings is 1. The summed E-state index contributed by atoms with van der Waals surface area (Å²) in [6, 6.07) is 3.61. The van der Waals surface area contributed by atoms with Gasteiger partial charge < -0.3 is 0 Å². The van der Waals surface area contributed by atoms with Crippen molar-refractivity contribution in [1.29, 1.82) is 0 Å². The molecule has 8 heteroatoms. The number of hydrogen-bond donors (Lipinski definition) is 0. The van der Waals surface area contributed by atoms with Crippen LogP contribution in [0.5, 0.6) is 0 Å². The van der Waals surface area contributed by atoms with Crippen LogP contribution in [0.2, 0.25) is 0 Å². The third-order valence-corrected chi connectivity index (χ3v) is 4.33. The zero-order valence-electron chi connectivity index (χ0n) is 12.3. The monoisotopic (exact) mass is 372 g/mol. The Hall–Kier alpha value is -2.48. The number of rotatable bonds is 1. The maximum absolute atomic E-state index is 12.8. The number of nitrogens with zero attached hydrogens (tertiary/aromatic N) is 6. The van der Waals surface area contributed by atoms with Gasteiger partial charge in [-0.1, -0.05) is 0 Å². The van der Waals surface area contributed by atoms with E-state index in [-0.39, 0.29) is 5.91 Å². The lowest BCUT2D eigenvalue weighted by molar-refractivity contribution is 0.0732. The quantitative estimate of drug-likeness (QED) is 0.652. The molecule has 1 aliphatic heterocycles. The highest BCUT2D eigenvalue weighted by atomic mass is 79.9. The largest absolute Gasteiger partial charge is 0.292 e. The van der Waals surface area contributed by atoms with Crippen LogP contribution in [0.1, 0.15) is 16.1 Å². The first-order valence-electron chi connectivity index (χ1n) is 7.13. The van der Waals surface area contributed by atoms with E-state index >= 15 is 0 Å². The summed E-state index contributed by atoms with van der Waals surface area (Å²) in [6.07, 6.45) is 7.81. The lowest BCUT2D eigenvalue weighted by atomic mass is 10.1. The van der Waals surface area contributed by atoms with Gasteiger partial charge in [0.15, 0.2) is 11.3 Å². The Bertz CT molecular complexity index is 908. The molecular formula is C15H13BrN6O. The van der Waals surface area contributed by atoms with Crippen molar-refractivity contribution in [2.45, 2.75) is 6.42 Å². The SMILES string of the molecule is CN1c2ccncc2CCN1C(=O)c1cc2ncc(Br)cn2n1. The number of fused-ring (bicyclic) bond motifs is 2. The highest BCUT2D eigenvalue weighted by Crippen LogP contribution is 2.26. The van der Waals surface area contributed by atoms with Crippen molar-refractivity contribution in [2.75, 3.05) is 18.6 Å². The number of amides is 1.